The van der Waals surface area contributed by atoms with Gasteiger partial charge in [-0.3, -0.25) is 0 Å². The van der Waals surface area contributed by atoms with E-state index in [2.05, 4.69) is 25.2 Å². The lowest BCUT2D eigenvalue weighted by atomic mass is 9.77. The minimum atomic E-state index is 0.410. The molecule has 2 heterocycles. The van der Waals surface area contributed by atoms with Gasteiger partial charge in [-0.05, 0) is 38.0 Å². The molecule has 0 unspecified atom stereocenters. The molecule has 0 bridgehead atoms. The molecule has 1 aromatic rings. The van der Waals surface area contributed by atoms with Gasteiger partial charge in [0, 0.05) is 20.1 Å². The summed E-state index contributed by atoms with van der Waals surface area (Å²) in [6, 6.07) is 0.410. The van der Waals surface area contributed by atoms with Gasteiger partial charge in [-0.25, -0.2) is 0 Å². The fraction of sp³-hybridized carbons (Fsp3) is 0.800. The fourth-order valence-electron chi connectivity index (χ4n) is 3.60. The summed E-state index contributed by atoms with van der Waals surface area (Å²) in [7, 11) is 1.82. The molecular weight excluding hydrogens is 266 g/mol. The summed E-state index contributed by atoms with van der Waals surface area (Å²) in [4.78, 5) is 15.4. The molecule has 1 aromatic heterocycles. The van der Waals surface area contributed by atoms with Crippen molar-refractivity contribution < 1.29 is 4.74 Å². The van der Waals surface area contributed by atoms with Crippen LogP contribution in [0.15, 0.2) is 0 Å². The van der Waals surface area contributed by atoms with Crippen molar-refractivity contribution in [3.63, 3.8) is 0 Å². The molecule has 1 spiro atoms. The molecule has 0 amide bonds. The summed E-state index contributed by atoms with van der Waals surface area (Å²) in [5, 5.41) is 2.98. The molecule has 0 aromatic carbocycles. The number of nitrogens with one attached hydrogen (secondary N) is 1. The second-order valence-corrected chi connectivity index (χ2v) is 6.12. The van der Waals surface area contributed by atoms with E-state index in [1.165, 1.54) is 38.5 Å². The minimum Gasteiger partial charge on any atom is -0.464 e. The Bertz CT molecular complexity index is 477. The van der Waals surface area contributed by atoms with E-state index in [0.717, 1.165) is 19.0 Å². The quantitative estimate of drug-likeness (QED) is 0.919. The zero-order chi connectivity index (χ0) is 14.7. The van der Waals surface area contributed by atoms with Crippen molar-refractivity contribution in [1.29, 1.82) is 0 Å². The number of piperidine rings is 1. The molecule has 2 aliphatic rings. The van der Waals surface area contributed by atoms with E-state index in [4.69, 9.17) is 4.74 Å². The number of ether oxygens (including phenoxy) is 1. The Labute approximate surface area is 126 Å². The number of rotatable bonds is 4. The minimum absolute atomic E-state index is 0.410. The molecule has 2 fully saturated rings. The first-order chi connectivity index (χ1) is 10.2. The summed E-state index contributed by atoms with van der Waals surface area (Å²) in [5.74, 6) is 1.32. The van der Waals surface area contributed by atoms with Crippen molar-refractivity contribution in [3.8, 4) is 6.01 Å². The summed E-state index contributed by atoms with van der Waals surface area (Å²) in [6.07, 6.45) is 8.15. The van der Waals surface area contributed by atoms with E-state index in [9.17, 15) is 0 Å². The van der Waals surface area contributed by atoms with E-state index in [0.29, 0.717) is 24.0 Å². The maximum Gasteiger partial charge on any atom is 0.323 e. The first-order valence-electron chi connectivity index (χ1n) is 8.06. The van der Waals surface area contributed by atoms with Gasteiger partial charge < -0.3 is 15.0 Å². The Morgan fingerprint density at radius 3 is 2.43 bits per heavy atom. The monoisotopic (exact) mass is 291 g/mol. The lowest BCUT2D eigenvalue weighted by Gasteiger charge is -2.39. The van der Waals surface area contributed by atoms with Crippen LogP contribution in [0, 0.1) is 5.41 Å². The summed E-state index contributed by atoms with van der Waals surface area (Å²) >= 11 is 0. The number of hydrogen-bond donors (Lipinski definition) is 1. The van der Waals surface area contributed by atoms with Crippen LogP contribution in [-0.2, 0) is 0 Å². The smallest absolute Gasteiger partial charge is 0.323 e. The lowest BCUT2D eigenvalue weighted by molar-refractivity contribution is 0.225. The number of nitrogens with zero attached hydrogens (tertiary/aromatic N) is 4. The zero-order valence-corrected chi connectivity index (χ0v) is 13.1. The highest BCUT2D eigenvalue weighted by Crippen LogP contribution is 2.46. The van der Waals surface area contributed by atoms with Gasteiger partial charge in [0.15, 0.2) is 0 Å². The highest BCUT2D eigenvalue weighted by atomic mass is 16.5. The largest absolute Gasteiger partial charge is 0.464 e. The normalized spacial score (nSPS) is 20.8. The summed E-state index contributed by atoms with van der Waals surface area (Å²) in [5.41, 5.74) is 0.609. The van der Waals surface area contributed by atoms with E-state index < -0.39 is 0 Å². The molecule has 1 saturated carbocycles. The van der Waals surface area contributed by atoms with Gasteiger partial charge in [-0.1, -0.05) is 12.8 Å². The number of anilines is 2. The molecule has 0 radical (unpaired) electrons. The Hall–Kier alpha value is -1.59. The Balaban J connectivity index is 1.73. The SMILES string of the molecule is CCOc1nc(NC)nc(N2CCC3(CCCC3)CC2)n1. The topological polar surface area (TPSA) is 63.2 Å². The van der Waals surface area contributed by atoms with Gasteiger partial charge >= 0.3 is 6.01 Å². The van der Waals surface area contributed by atoms with Crippen LogP contribution in [0.25, 0.3) is 0 Å². The van der Waals surface area contributed by atoms with E-state index in [1.54, 1.807) is 0 Å². The van der Waals surface area contributed by atoms with Crippen molar-refractivity contribution in [2.75, 3.05) is 37.0 Å². The molecule has 1 N–H and O–H groups in total. The van der Waals surface area contributed by atoms with Crippen LogP contribution in [0.2, 0.25) is 0 Å². The molecule has 21 heavy (non-hydrogen) atoms. The van der Waals surface area contributed by atoms with Crippen molar-refractivity contribution >= 4 is 11.9 Å². The van der Waals surface area contributed by atoms with E-state index in [1.807, 2.05) is 14.0 Å². The average Bonchev–Trinajstić information content (AvgIpc) is 2.96. The van der Waals surface area contributed by atoms with Crippen molar-refractivity contribution in [1.82, 2.24) is 15.0 Å². The second-order valence-electron chi connectivity index (χ2n) is 6.12. The zero-order valence-electron chi connectivity index (χ0n) is 13.1. The third-order valence-electron chi connectivity index (χ3n) is 4.87. The summed E-state index contributed by atoms with van der Waals surface area (Å²) < 4.78 is 5.44. The second kappa shape index (κ2) is 6.03. The van der Waals surface area contributed by atoms with Gasteiger partial charge in [-0.15, -0.1) is 0 Å². The third-order valence-corrected chi connectivity index (χ3v) is 4.87. The Morgan fingerprint density at radius 2 is 1.81 bits per heavy atom. The van der Waals surface area contributed by atoms with Crippen molar-refractivity contribution in [2.45, 2.75) is 45.4 Å². The highest BCUT2D eigenvalue weighted by molar-refractivity contribution is 5.38. The first-order valence-corrected chi connectivity index (χ1v) is 8.06. The Morgan fingerprint density at radius 1 is 1.10 bits per heavy atom. The summed E-state index contributed by atoms with van der Waals surface area (Å²) in [6.45, 7) is 4.58. The van der Waals surface area contributed by atoms with Crippen LogP contribution in [0.5, 0.6) is 6.01 Å². The first kappa shape index (κ1) is 14.4. The van der Waals surface area contributed by atoms with Crippen LogP contribution in [0.3, 0.4) is 0 Å². The van der Waals surface area contributed by atoms with E-state index >= 15 is 0 Å². The van der Waals surface area contributed by atoms with Crippen molar-refractivity contribution in [3.05, 3.63) is 0 Å². The predicted octanol–water partition coefficient (Wildman–Crippen LogP) is 2.47. The average molecular weight is 291 g/mol. The number of hydrogen-bond acceptors (Lipinski definition) is 6. The van der Waals surface area contributed by atoms with Crippen LogP contribution < -0.4 is 15.0 Å². The van der Waals surface area contributed by atoms with E-state index in [-0.39, 0.29) is 0 Å². The van der Waals surface area contributed by atoms with Crippen LogP contribution in [-0.4, -0.2) is 41.7 Å². The fourth-order valence-corrected chi connectivity index (χ4v) is 3.60. The molecule has 6 nitrogen and oxygen atoms in total. The maximum absolute atomic E-state index is 5.44. The lowest BCUT2D eigenvalue weighted by Crippen LogP contribution is -2.39. The van der Waals surface area contributed by atoms with Crippen LogP contribution in [0.4, 0.5) is 11.9 Å². The number of aromatic nitrogens is 3. The molecule has 116 valence electrons. The van der Waals surface area contributed by atoms with Gasteiger partial charge in [0.05, 0.1) is 6.61 Å². The molecule has 6 heteroatoms. The maximum atomic E-state index is 5.44. The van der Waals surface area contributed by atoms with Gasteiger partial charge in [0.25, 0.3) is 0 Å². The molecule has 1 saturated heterocycles. The molecule has 3 rings (SSSR count). The van der Waals surface area contributed by atoms with Gasteiger partial charge in [-0.2, -0.15) is 15.0 Å². The third kappa shape index (κ3) is 3.04. The van der Waals surface area contributed by atoms with Gasteiger partial charge in [0.2, 0.25) is 11.9 Å². The standard InChI is InChI=1S/C15H25N5O/c1-3-21-14-18-12(16-2)17-13(19-14)20-10-8-15(9-11-20)6-4-5-7-15/h3-11H2,1-2H3,(H,16,17,18,19). The molecule has 1 aliphatic carbocycles. The molecule has 0 atom stereocenters. The Kier molecular flexibility index (Phi) is 4.12. The van der Waals surface area contributed by atoms with Crippen LogP contribution >= 0.6 is 0 Å². The predicted molar refractivity (Wildman–Crippen MR) is 82.9 cm³/mol. The van der Waals surface area contributed by atoms with Gasteiger partial charge in [0.1, 0.15) is 0 Å². The van der Waals surface area contributed by atoms with Crippen LogP contribution in [0.1, 0.15) is 45.4 Å². The van der Waals surface area contributed by atoms with Crippen molar-refractivity contribution in [2.24, 2.45) is 5.41 Å². The molecular formula is C15H25N5O. The highest BCUT2D eigenvalue weighted by Gasteiger charge is 2.37. The molecule has 1 aliphatic heterocycles.